The molecule has 1 aromatic rings. The summed E-state index contributed by atoms with van der Waals surface area (Å²) >= 11 is 0. The lowest BCUT2D eigenvalue weighted by molar-refractivity contribution is 0.237. The van der Waals surface area contributed by atoms with E-state index in [2.05, 4.69) is 33.0 Å². The predicted molar refractivity (Wildman–Crippen MR) is 71.6 cm³/mol. The lowest BCUT2D eigenvalue weighted by Gasteiger charge is -2.34. The van der Waals surface area contributed by atoms with Crippen LogP contribution in [0, 0.1) is 18.2 Å². The van der Waals surface area contributed by atoms with Crippen LogP contribution in [0.1, 0.15) is 51.3 Å². The number of hydrogen-bond acceptors (Lipinski definition) is 1. The molecule has 1 aromatic carbocycles. The third kappa shape index (κ3) is 3.29. The molecule has 96 valence electrons. The van der Waals surface area contributed by atoms with E-state index in [-0.39, 0.29) is 17.3 Å². The maximum Gasteiger partial charge on any atom is 0.126 e. The van der Waals surface area contributed by atoms with Gasteiger partial charge in [-0.1, -0.05) is 39.8 Å². The fourth-order valence-electron chi connectivity index (χ4n) is 2.10. The Morgan fingerprint density at radius 1 is 1.29 bits per heavy atom. The summed E-state index contributed by atoms with van der Waals surface area (Å²) in [6.45, 7) is 11.5. The van der Waals surface area contributed by atoms with E-state index in [0.29, 0.717) is 0 Å². The summed E-state index contributed by atoms with van der Waals surface area (Å²) in [5.74, 6) is -0.127. The highest BCUT2D eigenvalue weighted by atomic mass is 19.1. The van der Waals surface area contributed by atoms with Gasteiger partial charge < -0.3 is 5.32 Å². The molecule has 0 bridgehead atoms. The summed E-state index contributed by atoms with van der Waals surface area (Å²) in [5, 5.41) is 3.51. The van der Waals surface area contributed by atoms with Crippen LogP contribution >= 0.6 is 0 Å². The molecule has 0 spiro atoms. The van der Waals surface area contributed by atoms with Gasteiger partial charge >= 0.3 is 0 Å². The van der Waals surface area contributed by atoms with Crippen LogP contribution in [0.25, 0.3) is 0 Å². The first-order valence-corrected chi connectivity index (χ1v) is 6.41. The van der Waals surface area contributed by atoms with Crippen LogP contribution in [0.15, 0.2) is 18.2 Å². The SMILES string of the molecule is CCNC(c1ccc(F)c(C)c1)C(C)(C)CC. The second kappa shape index (κ2) is 5.63. The molecule has 2 heteroatoms. The van der Waals surface area contributed by atoms with Crippen LogP contribution in [0.5, 0.6) is 0 Å². The van der Waals surface area contributed by atoms with Crippen LogP contribution in [-0.2, 0) is 0 Å². The highest BCUT2D eigenvalue weighted by molar-refractivity contribution is 5.27. The second-order valence-corrected chi connectivity index (χ2v) is 5.34. The maximum atomic E-state index is 13.3. The molecule has 17 heavy (non-hydrogen) atoms. The Bertz CT molecular complexity index is 371. The Hall–Kier alpha value is -0.890. The van der Waals surface area contributed by atoms with Crippen LogP contribution < -0.4 is 5.32 Å². The van der Waals surface area contributed by atoms with Crippen molar-refractivity contribution in [1.82, 2.24) is 5.32 Å². The number of halogens is 1. The van der Waals surface area contributed by atoms with Gasteiger partial charge in [0, 0.05) is 6.04 Å². The Kier molecular flexibility index (Phi) is 4.70. The molecule has 0 aliphatic heterocycles. The molecular formula is C15H24FN. The van der Waals surface area contributed by atoms with Crippen molar-refractivity contribution in [3.05, 3.63) is 35.1 Å². The molecule has 0 aliphatic rings. The van der Waals surface area contributed by atoms with Gasteiger partial charge in [-0.3, -0.25) is 0 Å². The minimum Gasteiger partial charge on any atom is -0.310 e. The highest BCUT2D eigenvalue weighted by Gasteiger charge is 2.28. The van der Waals surface area contributed by atoms with Crippen LogP contribution in [0.3, 0.4) is 0 Å². The normalized spacial score (nSPS) is 13.8. The van der Waals surface area contributed by atoms with Crippen molar-refractivity contribution in [3.8, 4) is 0 Å². The van der Waals surface area contributed by atoms with E-state index in [1.165, 1.54) is 5.56 Å². The lowest BCUT2D eigenvalue weighted by Crippen LogP contribution is -2.33. The third-order valence-corrected chi connectivity index (χ3v) is 3.62. The minimum absolute atomic E-state index is 0.127. The standard InChI is InChI=1S/C15H24FN/c1-6-15(4,5)14(17-7-2)12-8-9-13(16)11(3)10-12/h8-10,14,17H,6-7H2,1-5H3. The molecular weight excluding hydrogens is 213 g/mol. The molecule has 0 radical (unpaired) electrons. The molecule has 1 N–H and O–H groups in total. The largest absolute Gasteiger partial charge is 0.310 e. The zero-order chi connectivity index (χ0) is 13.1. The minimum atomic E-state index is -0.127. The average molecular weight is 237 g/mol. The van der Waals surface area contributed by atoms with Gasteiger partial charge in [-0.15, -0.1) is 0 Å². The fourth-order valence-corrected chi connectivity index (χ4v) is 2.10. The van der Waals surface area contributed by atoms with Crippen LogP contribution in [-0.4, -0.2) is 6.54 Å². The third-order valence-electron chi connectivity index (χ3n) is 3.62. The smallest absolute Gasteiger partial charge is 0.126 e. The molecule has 1 nitrogen and oxygen atoms in total. The van der Waals surface area contributed by atoms with Crippen LogP contribution in [0.4, 0.5) is 4.39 Å². The summed E-state index contributed by atoms with van der Waals surface area (Å²) in [7, 11) is 0. The Labute approximate surface area is 104 Å². The Balaban J connectivity index is 3.09. The summed E-state index contributed by atoms with van der Waals surface area (Å²) in [5.41, 5.74) is 2.07. The molecule has 1 unspecified atom stereocenters. The van der Waals surface area contributed by atoms with E-state index in [1.54, 1.807) is 6.07 Å². The molecule has 0 fully saturated rings. The first-order chi connectivity index (χ1) is 7.92. The van der Waals surface area contributed by atoms with E-state index >= 15 is 0 Å². The number of nitrogens with one attached hydrogen (secondary N) is 1. The van der Waals surface area contributed by atoms with Crippen molar-refractivity contribution in [2.45, 2.75) is 47.1 Å². The van der Waals surface area contributed by atoms with Gasteiger partial charge in [0.1, 0.15) is 5.82 Å². The number of benzene rings is 1. The molecule has 0 saturated carbocycles. The van der Waals surface area contributed by atoms with Gasteiger partial charge in [0.2, 0.25) is 0 Å². The summed E-state index contributed by atoms with van der Waals surface area (Å²) < 4.78 is 13.3. The second-order valence-electron chi connectivity index (χ2n) is 5.34. The number of hydrogen-bond donors (Lipinski definition) is 1. The quantitative estimate of drug-likeness (QED) is 0.808. The average Bonchev–Trinajstić information content (AvgIpc) is 2.29. The first-order valence-electron chi connectivity index (χ1n) is 6.41. The van der Waals surface area contributed by atoms with Crippen molar-refractivity contribution in [3.63, 3.8) is 0 Å². The lowest BCUT2D eigenvalue weighted by atomic mass is 9.78. The van der Waals surface area contributed by atoms with E-state index in [9.17, 15) is 4.39 Å². The summed E-state index contributed by atoms with van der Waals surface area (Å²) in [6, 6.07) is 5.70. The van der Waals surface area contributed by atoms with E-state index in [0.717, 1.165) is 18.5 Å². The summed E-state index contributed by atoms with van der Waals surface area (Å²) in [4.78, 5) is 0. The fraction of sp³-hybridized carbons (Fsp3) is 0.600. The van der Waals surface area contributed by atoms with Gasteiger partial charge in [-0.25, -0.2) is 4.39 Å². The van der Waals surface area contributed by atoms with Gasteiger partial charge in [0.15, 0.2) is 0 Å². The van der Waals surface area contributed by atoms with Gasteiger partial charge in [0.25, 0.3) is 0 Å². The van der Waals surface area contributed by atoms with Crippen molar-refractivity contribution in [2.24, 2.45) is 5.41 Å². The van der Waals surface area contributed by atoms with Gasteiger partial charge in [0.05, 0.1) is 0 Å². The van der Waals surface area contributed by atoms with Crippen molar-refractivity contribution < 1.29 is 4.39 Å². The molecule has 0 saturated heterocycles. The Morgan fingerprint density at radius 2 is 1.94 bits per heavy atom. The molecule has 0 aromatic heterocycles. The number of rotatable bonds is 5. The monoisotopic (exact) mass is 237 g/mol. The molecule has 0 heterocycles. The zero-order valence-corrected chi connectivity index (χ0v) is 11.6. The molecule has 1 rings (SSSR count). The summed E-state index contributed by atoms with van der Waals surface area (Å²) in [6.07, 6.45) is 1.08. The maximum absolute atomic E-state index is 13.3. The van der Waals surface area contributed by atoms with E-state index in [1.807, 2.05) is 19.1 Å². The topological polar surface area (TPSA) is 12.0 Å². The number of aryl methyl sites for hydroxylation is 1. The van der Waals surface area contributed by atoms with Crippen molar-refractivity contribution in [1.29, 1.82) is 0 Å². The zero-order valence-electron chi connectivity index (χ0n) is 11.6. The molecule has 1 atom stereocenters. The van der Waals surface area contributed by atoms with Crippen molar-refractivity contribution in [2.75, 3.05) is 6.54 Å². The van der Waals surface area contributed by atoms with Crippen molar-refractivity contribution >= 4 is 0 Å². The van der Waals surface area contributed by atoms with Crippen LogP contribution in [0.2, 0.25) is 0 Å². The van der Waals surface area contributed by atoms with Gasteiger partial charge in [-0.2, -0.15) is 0 Å². The molecule has 0 aliphatic carbocycles. The van der Waals surface area contributed by atoms with Gasteiger partial charge in [-0.05, 0) is 42.5 Å². The van der Waals surface area contributed by atoms with E-state index < -0.39 is 0 Å². The molecule has 0 amide bonds. The highest BCUT2D eigenvalue weighted by Crippen LogP contribution is 2.36. The first kappa shape index (κ1) is 14.2. The van der Waals surface area contributed by atoms with E-state index in [4.69, 9.17) is 0 Å². The Morgan fingerprint density at radius 3 is 2.41 bits per heavy atom. The predicted octanol–water partition coefficient (Wildman–Crippen LogP) is 4.22.